The molecule has 1 aliphatic rings. The van der Waals surface area contributed by atoms with Gasteiger partial charge in [0.15, 0.2) is 9.84 Å². The smallest absolute Gasteiger partial charge is 0.243 e. The minimum absolute atomic E-state index is 0.0171. The maximum Gasteiger partial charge on any atom is 0.243 e. The van der Waals surface area contributed by atoms with Crippen LogP contribution in [0.4, 0.5) is 0 Å². The van der Waals surface area contributed by atoms with Crippen molar-refractivity contribution in [3.8, 4) is 11.8 Å². The molecule has 1 aromatic rings. The zero-order chi connectivity index (χ0) is 15.5. The second-order valence-corrected chi connectivity index (χ2v) is 8.78. The zero-order valence-corrected chi connectivity index (χ0v) is 12.8. The molecule has 1 aromatic carbocycles. The van der Waals surface area contributed by atoms with Crippen LogP contribution in [0.5, 0.6) is 0 Å². The lowest BCUT2D eigenvalue weighted by atomic mass is 10.2. The van der Waals surface area contributed by atoms with E-state index in [-0.39, 0.29) is 36.1 Å². The molecule has 21 heavy (non-hydrogen) atoms. The van der Waals surface area contributed by atoms with Gasteiger partial charge in [0, 0.05) is 18.7 Å². The largest absolute Gasteiger partial charge is 0.384 e. The number of benzene rings is 1. The number of aliphatic hydroxyl groups is 1. The van der Waals surface area contributed by atoms with Gasteiger partial charge in [0.25, 0.3) is 0 Å². The van der Waals surface area contributed by atoms with Crippen LogP contribution in [0.2, 0.25) is 0 Å². The van der Waals surface area contributed by atoms with Crippen molar-refractivity contribution < 1.29 is 21.9 Å². The first kappa shape index (κ1) is 16.0. The molecule has 114 valence electrons. The van der Waals surface area contributed by atoms with E-state index < -0.39 is 19.9 Å². The summed E-state index contributed by atoms with van der Waals surface area (Å²) in [5.41, 5.74) is 0.601. The molecule has 1 heterocycles. The molecule has 0 bridgehead atoms. The summed E-state index contributed by atoms with van der Waals surface area (Å²) in [7, 11) is -6.80. The summed E-state index contributed by atoms with van der Waals surface area (Å²) >= 11 is 0. The Balaban J connectivity index is 2.20. The number of rotatable bonds is 2. The average Bonchev–Trinajstić information content (AvgIpc) is 2.45. The third kappa shape index (κ3) is 3.83. The lowest BCUT2D eigenvalue weighted by Gasteiger charge is -2.25. The number of hydrogen-bond acceptors (Lipinski definition) is 5. The van der Waals surface area contributed by atoms with Gasteiger partial charge in [-0.15, -0.1) is 0 Å². The van der Waals surface area contributed by atoms with Gasteiger partial charge in [-0.05, 0) is 24.3 Å². The van der Waals surface area contributed by atoms with Crippen LogP contribution < -0.4 is 0 Å². The Hall–Kier alpha value is -1.40. The third-order valence-corrected chi connectivity index (χ3v) is 6.63. The van der Waals surface area contributed by atoms with E-state index in [0.717, 1.165) is 0 Å². The summed E-state index contributed by atoms with van der Waals surface area (Å²) in [6.45, 7) is -0.296. The number of sulfonamides is 1. The van der Waals surface area contributed by atoms with Crippen molar-refractivity contribution in [2.24, 2.45) is 0 Å². The first-order valence-corrected chi connectivity index (χ1v) is 9.52. The van der Waals surface area contributed by atoms with E-state index in [9.17, 15) is 16.8 Å². The van der Waals surface area contributed by atoms with Gasteiger partial charge in [-0.25, -0.2) is 16.8 Å². The summed E-state index contributed by atoms with van der Waals surface area (Å²) in [4.78, 5) is 0.108. The summed E-state index contributed by atoms with van der Waals surface area (Å²) in [5.74, 6) is 4.86. The minimum atomic E-state index is -3.68. The molecule has 0 aliphatic carbocycles. The van der Waals surface area contributed by atoms with Crippen molar-refractivity contribution in [1.29, 1.82) is 0 Å². The first-order valence-electron chi connectivity index (χ1n) is 6.25. The van der Waals surface area contributed by atoms with Gasteiger partial charge in [0.2, 0.25) is 10.0 Å². The molecule has 0 unspecified atom stereocenters. The molecule has 8 heteroatoms. The van der Waals surface area contributed by atoms with E-state index >= 15 is 0 Å². The molecule has 1 fully saturated rings. The number of hydrogen-bond donors (Lipinski definition) is 1. The van der Waals surface area contributed by atoms with E-state index in [0.29, 0.717) is 5.56 Å². The molecule has 1 N–H and O–H groups in total. The SMILES string of the molecule is O=S1(=O)CCN(S(=O)(=O)c2ccc(C#CCO)cc2)CC1. The minimum Gasteiger partial charge on any atom is -0.384 e. The van der Waals surface area contributed by atoms with Gasteiger partial charge in [-0.2, -0.15) is 4.31 Å². The molecule has 1 aliphatic heterocycles. The Morgan fingerprint density at radius 1 is 1.14 bits per heavy atom. The summed E-state index contributed by atoms with van der Waals surface area (Å²) in [5, 5.41) is 8.60. The second kappa shape index (κ2) is 6.15. The van der Waals surface area contributed by atoms with Gasteiger partial charge in [0.05, 0.1) is 16.4 Å². The van der Waals surface area contributed by atoms with Gasteiger partial charge in [-0.3, -0.25) is 0 Å². The van der Waals surface area contributed by atoms with Gasteiger partial charge in [0.1, 0.15) is 6.61 Å². The molecule has 2 rings (SSSR count). The van der Waals surface area contributed by atoms with Crippen molar-refractivity contribution in [3.05, 3.63) is 29.8 Å². The Labute approximate surface area is 124 Å². The second-order valence-electron chi connectivity index (χ2n) is 4.54. The highest BCUT2D eigenvalue weighted by Crippen LogP contribution is 2.18. The fourth-order valence-electron chi connectivity index (χ4n) is 1.94. The molecule has 0 amide bonds. The lowest BCUT2D eigenvalue weighted by molar-refractivity contribution is 0.350. The van der Waals surface area contributed by atoms with Crippen LogP contribution in [-0.2, 0) is 19.9 Å². The van der Waals surface area contributed by atoms with Crippen LogP contribution in [0.25, 0.3) is 0 Å². The molecule has 1 saturated heterocycles. The van der Waals surface area contributed by atoms with Gasteiger partial charge >= 0.3 is 0 Å². The van der Waals surface area contributed by atoms with E-state index in [1.54, 1.807) is 12.1 Å². The van der Waals surface area contributed by atoms with E-state index in [2.05, 4.69) is 11.8 Å². The molecule has 0 atom stereocenters. The summed E-state index contributed by atoms with van der Waals surface area (Å²) in [6, 6.07) is 5.96. The molecule has 0 saturated carbocycles. The summed E-state index contributed by atoms with van der Waals surface area (Å²) in [6.07, 6.45) is 0. The van der Waals surface area contributed by atoms with Crippen LogP contribution in [0.3, 0.4) is 0 Å². The van der Waals surface area contributed by atoms with Crippen LogP contribution in [-0.4, -0.2) is 57.4 Å². The number of sulfone groups is 1. The Kier molecular flexibility index (Phi) is 4.68. The fourth-order valence-corrected chi connectivity index (χ4v) is 4.81. The van der Waals surface area contributed by atoms with Gasteiger partial charge in [-0.1, -0.05) is 11.8 Å². The molecule has 6 nitrogen and oxygen atoms in total. The standard InChI is InChI=1S/C13H15NO5S2/c15-9-1-2-12-3-5-13(6-4-12)21(18,19)14-7-10-20(16,17)11-8-14/h3-6,15H,7-11H2. The first-order chi connectivity index (χ1) is 9.85. The van der Waals surface area contributed by atoms with E-state index in [4.69, 9.17) is 5.11 Å². The number of nitrogens with zero attached hydrogens (tertiary/aromatic N) is 1. The molecular weight excluding hydrogens is 314 g/mol. The Bertz CT molecular complexity index is 756. The molecule has 0 radical (unpaired) electrons. The number of aliphatic hydroxyl groups excluding tert-OH is 1. The van der Waals surface area contributed by atoms with Crippen molar-refractivity contribution >= 4 is 19.9 Å². The maximum atomic E-state index is 12.4. The average molecular weight is 329 g/mol. The van der Waals surface area contributed by atoms with Crippen molar-refractivity contribution in [2.45, 2.75) is 4.90 Å². The molecular formula is C13H15NO5S2. The van der Waals surface area contributed by atoms with Crippen LogP contribution >= 0.6 is 0 Å². The quantitative estimate of drug-likeness (QED) is 0.735. The van der Waals surface area contributed by atoms with E-state index in [1.807, 2.05) is 0 Å². The van der Waals surface area contributed by atoms with Crippen LogP contribution in [0.1, 0.15) is 5.56 Å². The third-order valence-electron chi connectivity index (χ3n) is 3.11. The Morgan fingerprint density at radius 2 is 1.71 bits per heavy atom. The molecule has 0 aromatic heterocycles. The maximum absolute atomic E-state index is 12.4. The highest BCUT2D eigenvalue weighted by molar-refractivity contribution is 7.92. The Morgan fingerprint density at radius 3 is 2.24 bits per heavy atom. The normalized spacial score (nSPS) is 18.7. The van der Waals surface area contributed by atoms with Crippen LogP contribution in [0.15, 0.2) is 29.2 Å². The highest BCUT2D eigenvalue weighted by Gasteiger charge is 2.30. The fraction of sp³-hybridized carbons (Fsp3) is 0.385. The van der Waals surface area contributed by atoms with Crippen molar-refractivity contribution in [1.82, 2.24) is 4.31 Å². The predicted molar refractivity (Wildman–Crippen MR) is 77.8 cm³/mol. The lowest BCUT2D eigenvalue weighted by Crippen LogP contribution is -2.43. The highest BCUT2D eigenvalue weighted by atomic mass is 32.2. The summed E-state index contributed by atoms with van der Waals surface area (Å²) < 4.78 is 48.6. The molecule has 0 spiro atoms. The van der Waals surface area contributed by atoms with Crippen molar-refractivity contribution in [3.63, 3.8) is 0 Å². The van der Waals surface area contributed by atoms with Crippen molar-refractivity contribution in [2.75, 3.05) is 31.2 Å². The zero-order valence-electron chi connectivity index (χ0n) is 11.2. The van der Waals surface area contributed by atoms with E-state index in [1.165, 1.54) is 16.4 Å². The topological polar surface area (TPSA) is 91.8 Å². The van der Waals surface area contributed by atoms with Gasteiger partial charge < -0.3 is 5.11 Å². The predicted octanol–water partition coefficient (Wildman–Crippen LogP) is -0.550. The van der Waals surface area contributed by atoms with Crippen LogP contribution in [0, 0.1) is 11.8 Å². The monoisotopic (exact) mass is 329 g/mol.